The van der Waals surface area contributed by atoms with Crippen molar-refractivity contribution in [3.05, 3.63) is 0 Å². The molecule has 0 radical (unpaired) electrons. The summed E-state index contributed by atoms with van der Waals surface area (Å²) in [6.07, 6.45) is 11.0. The van der Waals surface area contributed by atoms with Crippen LogP contribution in [-0.4, -0.2) is 39.5 Å². The number of rotatable bonds is 6. The Morgan fingerprint density at radius 1 is 1.11 bits per heavy atom. The van der Waals surface area contributed by atoms with Crippen molar-refractivity contribution in [3.8, 4) is 0 Å². The molecule has 2 rings (SSSR count). The Balaban J connectivity index is 1.86. The van der Waals surface area contributed by atoms with Gasteiger partial charge in [-0.3, -0.25) is 0 Å². The van der Waals surface area contributed by atoms with Gasteiger partial charge >= 0.3 is 0 Å². The molecule has 3 nitrogen and oxygen atoms in total. The molecule has 0 aromatic rings. The number of hydrogen-bond donors (Lipinski definition) is 1. The first kappa shape index (κ1) is 14.3. The fourth-order valence-electron chi connectivity index (χ4n) is 3.87. The molecule has 0 saturated heterocycles. The van der Waals surface area contributed by atoms with Crippen LogP contribution in [0, 0.1) is 5.41 Å². The molecule has 1 spiro atoms. The zero-order valence-electron chi connectivity index (χ0n) is 12.0. The minimum Gasteiger partial charge on any atom is -0.385 e. The quantitative estimate of drug-likeness (QED) is 0.740. The summed E-state index contributed by atoms with van der Waals surface area (Å²) in [5.74, 6) is 0. The van der Waals surface area contributed by atoms with Crippen molar-refractivity contribution >= 4 is 0 Å². The van der Waals surface area contributed by atoms with Crippen LogP contribution in [-0.2, 0) is 9.47 Å². The third-order valence-electron chi connectivity index (χ3n) is 4.98. The minimum absolute atomic E-state index is 0.443. The molecule has 0 heterocycles. The van der Waals surface area contributed by atoms with E-state index < -0.39 is 0 Å². The third-order valence-corrected chi connectivity index (χ3v) is 4.98. The average Bonchev–Trinajstić information content (AvgIpc) is 2.64. The topological polar surface area (TPSA) is 30.5 Å². The van der Waals surface area contributed by atoms with Gasteiger partial charge in [0.05, 0.1) is 6.10 Å². The lowest BCUT2D eigenvalue weighted by molar-refractivity contribution is -0.144. The highest BCUT2D eigenvalue weighted by atomic mass is 16.5. The van der Waals surface area contributed by atoms with Crippen LogP contribution in [0.15, 0.2) is 0 Å². The maximum Gasteiger partial charge on any atom is 0.0661 e. The standard InChI is InChI=1S/C15H29NO2/c1-16-13-12-14(18-11-7-10-17-2)15(13)8-5-3-4-6-9-15/h13-14,16H,3-12H2,1-2H3. The van der Waals surface area contributed by atoms with E-state index in [4.69, 9.17) is 9.47 Å². The second-order valence-corrected chi connectivity index (χ2v) is 5.93. The molecule has 0 amide bonds. The van der Waals surface area contributed by atoms with Gasteiger partial charge in [0.25, 0.3) is 0 Å². The van der Waals surface area contributed by atoms with Gasteiger partial charge in [0.15, 0.2) is 0 Å². The highest BCUT2D eigenvalue weighted by molar-refractivity contribution is 5.07. The van der Waals surface area contributed by atoms with Crippen molar-refractivity contribution < 1.29 is 9.47 Å². The molecule has 1 N–H and O–H groups in total. The predicted molar refractivity (Wildman–Crippen MR) is 73.8 cm³/mol. The number of ether oxygens (including phenoxy) is 2. The van der Waals surface area contributed by atoms with Gasteiger partial charge in [-0.2, -0.15) is 0 Å². The van der Waals surface area contributed by atoms with Gasteiger partial charge in [-0.15, -0.1) is 0 Å². The number of nitrogens with one attached hydrogen (secondary N) is 1. The van der Waals surface area contributed by atoms with Gasteiger partial charge in [-0.1, -0.05) is 25.7 Å². The van der Waals surface area contributed by atoms with E-state index in [9.17, 15) is 0 Å². The van der Waals surface area contributed by atoms with E-state index in [1.165, 1.54) is 44.9 Å². The van der Waals surface area contributed by atoms with Crippen LogP contribution < -0.4 is 5.32 Å². The van der Waals surface area contributed by atoms with Crippen LogP contribution in [0.25, 0.3) is 0 Å². The van der Waals surface area contributed by atoms with Gasteiger partial charge in [0, 0.05) is 31.8 Å². The molecule has 2 unspecified atom stereocenters. The Morgan fingerprint density at radius 2 is 1.83 bits per heavy atom. The van der Waals surface area contributed by atoms with E-state index in [2.05, 4.69) is 12.4 Å². The van der Waals surface area contributed by atoms with E-state index in [1.807, 2.05) is 0 Å². The summed E-state index contributed by atoms with van der Waals surface area (Å²) in [6, 6.07) is 0.683. The molecule has 106 valence electrons. The van der Waals surface area contributed by atoms with Crippen LogP contribution in [0.4, 0.5) is 0 Å². The van der Waals surface area contributed by atoms with Crippen LogP contribution in [0.1, 0.15) is 51.4 Å². The van der Waals surface area contributed by atoms with Crippen molar-refractivity contribution in [3.63, 3.8) is 0 Å². The molecule has 0 bridgehead atoms. The van der Waals surface area contributed by atoms with E-state index >= 15 is 0 Å². The molecule has 0 aromatic heterocycles. The van der Waals surface area contributed by atoms with Crippen LogP contribution >= 0.6 is 0 Å². The molecule has 2 saturated carbocycles. The van der Waals surface area contributed by atoms with Gasteiger partial charge in [-0.05, 0) is 32.7 Å². The number of methoxy groups -OCH3 is 1. The van der Waals surface area contributed by atoms with Crippen LogP contribution in [0.3, 0.4) is 0 Å². The van der Waals surface area contributed by atoms with Crippen molar-refractivity contribution in [2.75, 3.05) is 27.4 Å². The van der Waals surface area contributed by atoms with Crippen molar-refractivity contribution in [1.82, 2.24) is 5.32 Å². The van der Waals surface area contributed by atoms with Gasteiger partial charge < -0.3 is 14.8 Å². The Labute approximate surface area is 112 Å². The predicted octanol–water partition coefficient (Wildman–Crippen LogP) is 2.74. The average molecular weight is 255 g/mol. The summed E-state index contributed by atoms with van der Waals surface area (Å²) < 4.78 is 11.2. The third kappa shape index (κ3) is 2.89. The van der Waals surface area contributed by atoms with E-state index in [1.54, 1.807) is 7.11 Å². The second-order valence-electron chi connectivity index (χ2n) is 5.93. The SMILES string of the molecule is CNC1CC(OCCCOC)C12CCCCCC2. The van der Waals surface area contributed by atoms with Gasteiger partial charge in [-0.25, -0.2) is 0 Å². The first-order chi connectivity index (χ1) is 8.83. The summed E-state index contributed by atoms with van der Waals surface area (Å²) >= 11 is 0. The molecule has 2 fully saturated rings. The normalized spacial score (nSPS) is 31.0. The maximum atomic E-state index is 6.14. The highest BCUT2D eigenvalue weighted by Crippen LogP contribution is 2.52. The van der Waals surface area contributed by atoms with Crippen LogP contribution in [0.5, 0.6) is 0 Å². The zero-order chi connectivity index (χ0) is 12.8. The largest absolute Gasteiger partial charge is 0.385 e. The lowest BCUT2D eigenvalue weighted by Gasteiger charge is -2.56. The van der Waals surface area contributed by atoms with Gasteiger partial charge in [0.2, 0.25) is 0 Å². The fraction of sp³-hybridized carbons (Fsp3) is 1.00. The minimum atomic E-state index is 0.443. The molecular weight excluding hydrogens is 226 g/mol. The zero-order valence-corrected chi connectivity index (χ0v) is 12.0. The molecule has 2 atom stereocenters. The molecule has 0 aromatic carbocycles. The Bertz CT molecular complexity index is 237. The summed E-state index contributed by atoms with van der Waals surface area (Å²) in [7, 11) is 3.87. The number of hydrogen-bond acceptors (Lipinski definition) is 3. The lowest BCUT2D eigenvalue weighted by atomic mass is 9.58. The van der Waals surface area contributed by atoms with Crippen molar-refractivity contribution in [2.45, 2.75) is 63.5 Å². The first-order valence-electron chi connectivity index (χ1n) is 7.61. The Kier molecular flexibility index (Phi) is 5.46. The molecule has 3 heteroatoms. The first-order valence-corrected chi connectivity index (χ1v) is 7.61. The molecule has 18 heavy (non-hydrogen) atoms. The summed E-state index contributed by atoms with van der Waals surface area (Å²) in [5, 5.41) is 3.52. The fourth-order valence-corrected chi connectivity index (χ4v) is 3.87. The van der Waals surface area contributed by atoms with E-state index in [0.29, 0.717) is 17.6 Å². The highest BCUT2D eigenvalue weighted by Gasteiger charge is 2.54. The molecule has 2 aliphatic carbocycles. The summed E-state index contributed by atoms with van der Waals surface area (Å²) in [5.41, 5.74) is 0.443. The van der Waals surface area contributed by atoms with Gasteiger partial charge in [0.1, 0.15) is 0 Å². The second kappa shape index (κ2) is 6.88. The summed E-state index contributed by atoms with van der Waals surface area (Å²) in [6.45, 7) is 1.67. The lowest BCUT2D eigenvalue weighted by Crippen LogP contribution is -2.63. The smallest absolute Gasteiger partial charge is 0.0661 e. The maximum absolute atomic E-state index is 6.14. The molecule has 0 aliphatic heterocycles. The van der Waals surface area contributed by atoms with Crippen molar-refractivity contribution in [1.29, 1.82) is 0 Å². The summed E-state index contributed by atoms with van der Waals surface area (Å²) in [4.78, 5) is 0. The Hall–Kier alpha value is -0.120. The molecular formula is C15H29NO2. The van der Waals surface area contributed by atoms with Crippen LogP contribution in [0.2, 0.25) is 0 Å². The van der Waals surface area contributed by atoms with E-state index in [0.717, 1.165) is 19.6 Å². The van der Waals surface area contributed by atoms with E-state index in [-0.39, 0.29) is 0 Å². The molecule has 2 aliphatic rings. The Morgan fingerprint density at radius 3 is 2.44 bits per heavy atom. The monoisotopic (exact) mass is 255 g/mol. The van der Waals surface area contributed by atoms with Crippen molar-refractivity contribution in [2.24, 2.45) is 5.41 Å².